The van der Waals surface area contributed by atoms with Gasteiger partial charge in [0.2, 0.25) is 5.91 Å². The summed E-state index contributed by atoms with van der Waals surface area (Å²) in [4.78, 5) is 11.6. The highest BCUT2D eigenvalue weighted by Crippen LogP contribution is 2.27. The Morgan fingerprint density at radius 2 is 2.14 bits per heavy atom. The Labute approximate surface area is 129 Å². The third-order valence-corrected chi connectivity index (χ3v) is 3.59. The summed E-state index contributed by atoms with van der Waals surface area (Å²) >= 11 is 0. The average Bonchev–Trinajstić information content (AvgIpc) is 3.27. The molecule has 1 saturated carbocycles. The number of aromatic nitrogens is 4. The van der Waals surface area contributed by atoms with Crippen molar-refractivity contribution in [3.63, 3.8) is 0 Å². The largest absolute Gasteiger partial charge is 0.360 e. The summed E-state index contributed by atoms with van der Waals surface area (Å²) in [6.45, 7) is 4.90. The molecular formula is C15H20N6O. The number of hydrogen-bond donors (Lipinski definition) is 2. The quantitative estimate of drug-likeness (QED) is 0.838. The highest BCUT2D eigenvalue weighted by atomic mass is 16.1. The van der Waals surface area contributed by atoms with E-state index in [0.29, 0.717) is 17.6 Å². The van der Waals surface area contributed by atoms with Gasteiger partial charge >= 0.3 is 0 Å². The van der Waals surface area contributed by atoms with Crippen LogP contribution in [0.3, 0.4) is 0 Å². The minimum atomic E-state index is -0.0173. The maximum absolute atomic E-state index is 11.6. The van der Waals surface area contributed by atoms with Crippen LogP contribution in [0.25, 0.3) is 5.82 Å². The van der Waals surface area contributed by atoms with E-state index in [4.69, 9.17) is 0 Å². The van der Waals surface area contributed by atoms with Crippen LogP contribution in [0.4, 0.5) is 5.82 Å². The molecule has 0 saturated heterocycles. The minimum Gasteiger partial charge on any atom is -0.360 e. The fourth-order valence-corrected chi connectivity index (χ4v) is 2.21. The van der Waals surface area contributed by atoms with Crippen molar-refractivity contribution >= 4 is 11.7 Å². The zero-order valence-corrected chi connectivity index (χ0v) is 12.8. The van der Waals surface area contributed by atoms with Gasteiger partial charge in [0, 0.05) is 12.2 Å². The van der Waals surface area contributed by atoms with Crippen molar-refractivity contribution in [2.24, 2.45) is 5.92 Å². The predicted octanol–water partition coefficient (Wildman–Crippen LogP) is 1.22. The molecule has 1 fully saturated rings. The van der Waals surface area contributed by atoms with E-state index in [-0.39, 0.29) is 12.5 Å². The third-order valence-electron chi connectivity index (χ3n) is 3.59. The van der Waals surface area contributed by atoms with Gasteiger partial charge in [-0.2, -0.15) is 5.10 Å². The molecule has 0 unspecified atom stereocenters. The number of rotatable bonds is 6. The maximum Gasteiger partial charge on any atom is 0.239 e. The monoisotopic (exact) mass is 300 g/mol. The van der Waals surface area contributed by atoms with Crippen LogP contribution in [0, 0.1) is 19.8 Å². The van der Waals surface area contributed by atoms with Crippen LogP contribution in [-0.4, -0.2) is 39.0 Å². The molecule has 2 aromatic heterocycles. The van der Waals surface area contributed by atoms with Crippen molar-refractivity contribution < 1.29 is 4.79 Å². The summed E-state index contributed by atoms with van der Waals surface area (Å²) in [6.07, 6.45) is 2.46. The Hall–Kier alpha value is -2.44. The number of nitrogens with one attached hydrogen (secondary N) is 2. The van der Waals surface area contributed by atoms with Gasteiger partial charge in [0.05, 0.1) is 12.2 Å². The SMILES string of the molecule is Cc1cc(C)n(-c2ccc(NCC(=O)NCC3CC3)nn2)n1. The lowest BCUT2D eigenvalue weighted by atomic mass is 10.4. The van der Waals surface area contributed by atoms with E-state index >= 15 is 0 Å². The molecule has 1 aliphatic carbocycles. The van der Waals surface area contributed by atoms with Crippen LogP contribution in [0.5, 0.6) is 0 Å². The van der Waals surface area contributed by atoms with Crippen molar-refractivity contribution in [3.05, 3.63) is 29.6 Å². The van der Waals surface area contributed by atoms with Gasteiger partial charge in [0.15, 0.2) is 5.82 Å². The van der Waals surface area contributed by atoms with Crippen LogP contribution in [-0.2, 0) is 4.79 Å². The van der Waals surface area contributed by atoms with Crippen LogP contribution in [0.2, 0.25) is 0 Å². The Bertz CT molecular complexity index is 659. The van der Waals surface area contributed by atoms with E-state index in [1.54, 1.807) is 10.7 Å². The van der Waals surface area contributed by atoms with E-state index in [1.165, 1.54) is 12.8 Å². The predicted molar refractivity (Wildman–Crippen MR) is 82.9 cm³/mol. The van der Waals surface area contributed by atoms with Gasteiger partial charge in [-0.15, -0.1) is 10.2 Å². The molecule has 0 aromatic carbocycles. The van der Waals surface area contributed by atoms with Gasteiger partial charge in [-0.1, -0.05) is 0 Å². The molecule has 0 spiro atoms. The van der Waals surface area contributed by atoms with Crippen LogP contribution < -0.4 is 10.6 Å². The Morgan fingerprint density at radius 3 is 2.73 bits per heavy atom. The molecule has 2 heterocycles. The standard InChI is InChI=1S/C15H20N6O/c1-10-7-11(2)21(20-10)14-6-5-13(18-19-14)16-9-15(22)17-8-12-3-4-12/h5-7,12H,3-4,8-9H2,1-2H3,(H,16,18)(H,17,22). The maximum atomic E-state index is 11.6. The lowest BCUT2D eigenvalue weighted by Gasteiger charge is -2.07. The van der Waals surface area contributed by atoms with Crippen molar-refractivity contribution in [3.8, 4) is 5.82 Å². The van der Waals surface area contributed by atoms with Crippen molar-refractivity contribution in [2.45, 2.75) is 26.7 Å². The highest BCUT2D eigenvalue weighted by molar-refractivity contribution is 5.80. The summed E-state index contributed by atoms with van der Waals surface area (Å²) in [5, 5.41) is 18.5. The molecule has 1 aliphatic rings. The number of carbonyl (C=O) groups excluding carboxylic acids is 1. The zero-order chi connectivity index (χ0) is 15.5. The second-order valence-corrected chi connectivity index (χ2v) is 5.72. The van der Waals surface area contributed by atoms with E-state index in [0.717, 1.165) is 17.9 Å². The lowest BCUT2D eigenvalue weighted by molar-refractivity contribution is -0.119. The highest BCUT2D eigenvalue weighted by Gasteiger charge is 2.21. The first kappa shape index (κ1) is 14.5. The molecule has 0 bridgehead atoms. The molecule has 7 heteroatoms. The smallest absolute Gasteiger partial charge is 0.239 e. The van der Waals surface area contributed by atoms with E-state index < -0.39 is 0 Å². The summed E-state index contributed by atoms with van der Waals surface area (Å²) in [6, 6.07) is 5.61. The Balaban J connectivity index is 1.54. The van der Waals surface area contributed by atoms with Crippen molar-refractivity contribution in [1.29, 1.82) is 0 Å². The summed E-state index contributed by atoms with van der Waals surface area (Å²) in [5.41, 5.74) is 1.95. The van der Waals surface area contributed by atoms with E-state index in [2.05, 4.69) is 25.9 Å². The number of aryl methyl sites for hydroxylation is 2. The Kier molecular flexibility index (Phi) is 4.04. The topological polar surface area (TPSA) is 84.7 Å². The normalized spacial score (nSPS) is 13.9. The molecule has 3 rings (SSSR count). The molecular weight excluding hydrogens is 280 g/mol. The minimum absolute atomic E-state index is 0.0173. The Morgan fingerprint density at radius 1 is 1.32 bits per heavy atom. The molecule has 2 N–H and O–H groups in total. The fourth-order valence-electron chi connectivity index (χ4n) is 2.21. The van der Waals surface area contributed by atoms with Crippen molar-refractivity contribution in [1.82, 2.24) is 25.3 Å². The number of carbonyl (C=O) groups is 1. The van der Waals surface area contributed by atoms with Gasteiger partial charge in [0.25, 0.3) is 0 Å². The molecule has 116 valence electrons. The van der Waals surface area contributed by atoms with Gasteiger partial charge < -0.3 is 10.6 Å². The lowest BCUT2D eigenvalue weighted by Crippen LogP contribution is -2.31. The second-order valence-electron chi connectivity index (χ2n) is 5.72. The molecule has 0 radical (unpaired) electrons. The number of nitrogens with zero attached hydrogens (tertiary/aromatic N) is 4. The first-order chi connectivity index (χ1) is 10.6. The first-order valence-corrected chi connectivity index (χ1v) is 7.50. The number of anilines is 1. The van der Waals surface area contributed by atoms with Crippen LogP contribution >= 0.6 is 0 Å². The summed E-state index contributed by atoms with van der Waals surface area (Å²) in [5.74, 6) is 1.90. The molecule has 0 aliphatic heterocycles. The first-order valence-electron chi connectivity index (χ1n) is 7.50. The van der Waals surface area contributed by atoms with Gasteiger partial charge in [-0.25, -0.2) is 4.68 Å². The van der Waals surface area contributed by atoms with Gasteiger partial charge in [-0.05, 0) is 50.8 Å². The third kappa shape index (κ3) is 3.60. The molecule has 2 aromatic rings. The number of amides is 1. The average molecular weight is 300 g/mol. The summed E-state index contributed by atoms with van der Waals surface area (Å²) < 4.78 is 1.74. The van der Waals surface area contributed by atoms with Gasteiger partial charge in [-0.3, -0.25) is 4.79 Å². The zero-order valence-electron chi connectivity index (χ0n) is 12.8. The van der Waals surface area contributed by atoms with Gasteiger partial charge in [0.1, 0.15) is 5.82 Å². The van der Waals surface area contributed by atoms with E-state index in [9.17, 15) is 4.79 Å². The molecule has 1 amide bonds. The van der Waals surface area contributed by atoms with Crippen LogP contribution in [0.1, 0.15) is 24.2 Å². The summed E-state index contributed by atoms with van der Waals surface area (Å²) in [7, 11) is 0. The molecule has 22 heavy (non-hydrogen) atoms. The molecule has 0 atom stereocenters. The van der Waals surface area contributed by atoms with Crippen molar-refractivity contribution in [2.75, 3.05) is 18.4 Å². The van der Waals surface area contributed by atoms with Crippen LogP contribution in [0.15, 0.2) is 18.2 Å². The number of hydrogen-bond acceptors (Lipinski definition) is 5. The fraction of sp³-hybridized carbons (Fsp3) is 0.467. The van der Waals surface area contributed by atoms with E-state index in [1.807, 2.05) is 26.0 Å². The molecule has 7 nitrogen and oxygen atoms in total. The second kappa shape index (κ2) is 6.13.